The molecule has 0 aromatic heterocycles. The van der Waals surface area contributed by atoms with Gasteiger partial charge in [-0.1, -0.05) is 20.8 Å². The molecule has 0 spiro atoms. The summed E-state index contributed by atoms with van der Waals surface area (Å²) in [4.78, 5) is 0. The fourth-order valence-corrected chi connectivity index (χ4v) is 0.608. The molecule has 0 aliphatic heterocycles. The molecule has 0 saturated heterocycles. The van der Waals surface area contributed by atoms with Gasteiger partial charge in [-0.25, -0.2) is 4.39 Å². The van der Waals surface area contributed by atoms with Gasteiger partial charge in [-0.05, 0) is 12.8 Å². The van der Waals surface area contributed by atoms with Crippen LogP contribution in [-0.2, 0) is 0 Å². The Morgan fingerprint density at radius 1 is 1.33 bits per heavy atom. The number of hydrogen-bond acceptors (Lipinski definition) is 1. The quantitative estimate of drug-likeness (QED) is 0.612. The fourth-order valence-electron chi connectivity index (χ4n) is 0.608. The van der Waals surface area contributed by atoms with Crippen LogP contribution >= 0.6 is 0 Å². The average molecular weight is 134 g/mol. The molecule has 0 rings (SSSR count). The van der Waals surface area contributed by atoms with Crippen LogP contribution in [0.5, 0.6) is 0 Å². The van der Waals surface area contributed by atoms with Gasteiger partial charge in [0.15, 0.2) is 0 Å². The number of alkyl halides is 1. The van der Waals surface area contributed by atoms with E-state index in [1.165, 1.54) is 6.92 Å². The second kappa shape index (κ2) is 2.65. The summed E-state index contributed by atoms with van der Waals surface area (Å²) in [5.41, 5.74) is 0. The standard InChI is InChI=1S/C7H15FO/c1-5(2)6(3)7(4,8)9/h5-6,9H,1-4H3/t6-,7+/m1/s1. The van der Waals surface area contributed by atoms with Crippen molar-refractivity contribution >= 4 is 0 Å². The minimum Gasteiger partial charge on any atom is -0.362 e. The SMILES string of the molecule is CC(C)[C@@H](C)[C@](C)(O)F. The third-order valence-electron chi connectivity index (χ3n) is 1.83. The van der Waals surface area contributed by atoms with Crippen molar-refractivity contribution in [3.8, 4) is 0 Å². The largest absolute Gasteiger partial charge is 0.362 e. The van der Waals surface area contributed by atoms with Crippen LogP contribution in [0, 0.1) is 11.8 Å². The summed E-state index contributed by atoms with van der Waals surface area (Å²) in [6.07, 6.45) is 0. The molecule has 2 heteroatoms. The van der Waals surface area contributed by atoms with E-state index in [-0.39, 0.29) is 11.8 Å². The van der Waals surface area contributed by atoms with Crippen LogP contribution in [0.1, 0.15) is 27.7 Å². The highest BCUT2D eigenvalue weighted by atomic mass is 19.2. The van der Waals surface area contributed by atoms with Crippen molar-refractivity contribution in [2.75, 3.05) is 0 Å². The van der Waals surface area contributed by atoms with Gasteiger partial charge in [-0.3, -0.25) is 0 Å². The molecule has 1 N–H and O–H groups in total. The van der Waals surface area contributed by atoms with Gasteiger partial charge in [0.2, 0.25) is 5.85 Å². The van der Waals surface area contributed by atoms with Gasteiger partial charge in [-0.2, -0.15) is 0 Å². The predicted molar refractivity (Wildman–Crippen MR) is 35.7 cm³/mol. The van der Waals surface area contributed by atoms with E-state index in [0.717, 1.165) is 0 Å². The fraction of sp³-hybridized carbons (Fsp3) is 1.00. The van der Waals surface area contributed by atoms with E-state index < -0.39 is 5.85 Å². The maximum Gasteiger partial charge on any atom is 0.206 e. The summed E-state index contributed by atoms with van der Waals surface area (Å²) in [5, 5.41) is 8.79. The second-order valence-corrected chi connectivity index (χ2v) is 3.06. The molecule has 9 heavy (non-hydrogen) atoms. The summed E-state index contributed by atoms with van der Waals surface area (Å²) in [6.45, 7) is 6.67. The number of halogens is 1. The lowest BCUT2D eigenvalue weighted by atomic mass is 9.92. The topological polar surface area (TPSA) is 20.2 Å². The summed E-state index contributed by atoms with van der Waals surface area (Å²) < 4.78 is 12.6. The minimum atomic E-state index is -2.02. The number of hydrogen-bond donors (Lipinski definition) is 1. The Kier molecular flexibility index (Phi) is 2.62. The molecule has 0 saturated carbocycles. The number of aliphatic hydroxyl groups is 1. The monoisotopic (exact) mass is 134 g/mol. The summed E-state index contributed by atoms with van der Waals surface area (Å²) in [6, 6.07) is 0. The maximum atomic E-state index is 12.6. The van der Waals surface area contributed by atoms with Crippen molar-refractivity contribution in [2.24, 2.45) is 11.8 Å². The Balaban J connectivity index is 3.88. The van der Waals surface area contributed by atoms with E-state index >= 15 is 0 Å². The Hall–Kier alpha value is -0.110. The highest BCUT2D eigenvalue weighted by Gasteiger charge is 2.29. The van der Waals surface area contributed by atoms with E-state index in [2.05, 4.69) is 0 Å². The Morgan fingerprint density at radius 3 is 1.67 bits per heavy atom. The molecular formula is C7H15FO. The molecular weight excluding hydrogens is 119 g/mol. The summed E-state index contributed by atoms with van der Waals surface area (Å²) in [5.74, 6) is -2.13. The summed E-state index contributed by atoms with van der Waals surface area (Å²) >= 11 is 0. The highest BCUT2D eigenvalue weighted by molar-refractivity contribution is 4.69. The molecule has 0 aromatic rings. The number of rotatable bonds is 2. The van der Waals surface area contributed by atoms with Gasteiger partial charge in [0.1, 0.15) is 0 Å². The van der Waals surface area contributed by atoms with Crippen LogP contribution in [0.4, 0.5) is 4.39 Å². The molecule has 0 unspecified atom stereocenters. The molecule has 1 nitrogen and oxygen atoms in total. The molecule has 0 bridgehead atoms. The molecule has 0 radical (unpaired) electrons. The third-order valence-corrected chi connectivity index (χ3v) is 1.83. The van der Waals surface area contributed by atoms with E-state index in [1.54, 1.807) is 6.92 Å². The lowest BCUT2D eigenvalue weighted by Crippen LogP contribution is -2.30. The third kappa shape index (κ3) is 2.80. The summed E-state index contributed by atoms with van der Waals surface area (Å²) in [7, 11) is 0. The second-order valence-electron chi connectivity index (χ2n) is 3.06. The van der Waals surface area contributed by atoms with Crippen molar-refractivity contribution in [3.05, 3.63) is 0 Å². The first-order valence-corrected chi connectivity index (χ1v) is 3.27. The van der Waals surface area contributed by atoms with Crippen LogP contribution in [0.25, 0.3) is 0 Å². The van der Waals surface area contributed by atoms with Gasteiger partial charge in [0.05, 0.1) is 0 Å². The maximum absolute atomic E-state index is 12.6. The van der Waals surface area contributed by atoms with E-state index in [9.17, 15) is 4.39 Å². The van der Waals surface area contributed by atoms with Gasteiger partial charge >= 0.3 is 0 Å². The van der Waals surface area contributed by atoms with Crippen LogP contribution in [0.15, 0.2) is 0 Å². The van der Waals surface area contributed by atoms with Gasteiger partial charge in [0, 0.05) is 5.92 Å². The van der Waals surface area contributed by atoms with Crippen molar-refractivity contribution < 1.29 is 9.50 Å². The molecule has 0 heterocycles. The molecule has 0 fully saturated rings. The first-order chi connectivity index (χ1) is 3.85. The van der Waals surface area contributed by atoms with Crippen molar-refractivity contribution in [1.29, 1.82) is 0 Å². The first-order valence-electron chi connectivity index (χ1n) is 3.27. The molecule has 2 atom stereocenters. The lowest BCUT2D eigenvalue weighted by Gasteiger charge is -2.24. The zero-order valence-corrected chi connectivity index (χ0v) is 6.48. The average Bonchev–Trinajstić information content (AvgIpc) is 1.62. The smallest absolute Gasteiger partial charge is 0.206 e. The first kappa shape index (κ1) is 8.89. The van der Waals surface area contributed by atoms with Crippen molar-refractivity contribution in [2.45, 2.75) is 33.5 Å². The van der Waals surface area contributed by atoms with E-state index in [4.69, 9.17) is 5.11 Å². The van der Waals surface area contributed by atoms with Crippen LogP contribution < -0.4 is 0 Å². The zero-order valence-electron chi connectivity index (χ0n) is 6.48. The van der Waals surface area contributed by atoms with Crippen LogP contribution in [0.3, 0.4) is 0 Å². The molecule has 0 aliphatic rings. The zero-order chi connectivity index (χ0) is 7.65. The van der Waals surface area contributed by atoms with E-state index in [0.29, 0.717) is 0 Å². The Bertz CT molecular complexity index is 83.4. The highest BCUT2D eigenvalue weighted by Crippen LogP contribution is 2.24. The lowest BCUT2D eigenvalue weighted by molar-refractivity contribution is -0.125. The minimum absolute atomic E-state index is 0.185. The normalized spacial score (nSPS) is 21.7. The van der Waals surface area contributed by atoms with Gasteiger partial charge in [-0.15, -0.1) is 0 Å². The van der Waals surface area contributed by atoms with E-state index in [1.807, 2.05) is 13.8 Å². The van der Waals surface area contributed by atoms with Crippen LogP contribution in [0.2, 0.25) is 0 Å². The van der Waals surface area contributed by atoms with Gasteiger partial charge < -0.3 is 5.11 Å². The molecule has 0 amide bonds. The van der Waals surface area contributed by atoms with Gasteiger partial charge in [0.25, 0.3) is 0 Å². The van der Waals surface area contributed by atoms with Crippen molar-refractivity contribution in [3.63, 3.8) is 0 Å². The Morgan fingerprint density at radius 2 is 1.67 bits per heavy atom. The van der Waals surface area contributed by atoms with Crippen molar-refractivity contribution in [1.82, 2.24) is 0 Å². The Labute approximate surface area is 55.9 Å². The molecule has 0 aromatic carbocycles. The molecule has 56 valence electrons. The predicted octanol–water partition coefficient (Wildman–Crippen LogP) is 1.96. The molecule has 0 aliphatic carbocycles. The van der Waals surface area contributed by atoms with Crippen LogP contribution in [-0.4, -0.2) is 11.0 Å².